The fourth-order valence-corrected chi connectivity index (χ4v) is 3.24. The van der Waals surface area contributed by atoms with Crippen molar-refractivity contribution in [3.8, 4) is 0 Å². The molecule has 0 aliphatic rings. The number of rotatable bonds is 15. The Kier molecular flexibility index (Phi) is 12.4. The summed E-state index contributed by atoms with van der Waals surface area (Å²) in [7, 11) is 0. The van der Waals surface area contributed by atoms with Crippen molar-refractivity contribution in [2.24, 2.45) is 17.4 Å². The summed E-state index contributed by atoms with van der Waals surface area (Å²) in [4.78, 5) is 60.6. The van der Waals surface area contributed by atoms with Crippen molar-refractivity contribution in [2.45, 2.75) is 63.7 Å². The molecule has 0 radical (unpaired) electrons. The number of carboxylic acid groups (broad SMARTS) is 1. The summed E-state index contributed by atoms with van der Waals surface area (Å²) < 4.78 is 0. The third-order valence-corrected chi connectivity index (χ3v) is 5.09. The van der Waals surface area contributed by atoms with E-state index in [1.807, 2.05) is 13.8 Å². The standard InChI is InChI=1S/C23H35N5O7/c1-13(2)10-15(24)20(31)26-16(8-9-19(25)30)21(32)28-18(12-29)22(33)27-17(23(34)35)11-14-6-4-3-5-7-14/h3-7,13,15-18,29H,8-12,24H2,1-2H3,(H2,25,30)(H,26,31)(H,27,33)(H,28,32)(H,34,35). The van der Waals surface area contributed by atoms with Crippen LogP contribution < -0.4 is 27.4 Å². The second kappa shape index (κ2) is 14.7. The lowest BCUT2D eigenvalue weighted by Gasteiger charge is -2.24. The maximum atomic E-state index is 12.8. The van der Waals surface area contributed by atoms with Gasteiger partial charge in [-0.1, -0.05) is 44.2 Å². The Balaban J connectivity index is 2.89. The summed E-state index contributed by atoms with van der Waals surface area (Å²) in [6.45, 7) is 2.91. The van der Waals surface area contributed by atoms with Crippen molar-refractivity contribution in [3.05, 3.63) is 35.9 Å². The SMILES string of the molecule is CC(C)CC(N)C(=O)NC(CCC(N)=O)C(=O)NC(CO)C(=O)NC(Cc1ccccc1)C(=O)O. The molecule has 0 spiro atoms. The van der Waals surface area contributed by atoms with Crippen molar-refractivity contribution >= 4 is 29.6 Å². The Labute approximate surface area is 203 Å². The van der Waals surface area contributed by atoms with Crippen LogP contribution in [0.15, 0.2) is 30.3 Å². The topological polar surface area (TPSA) is 214 Å². The number of aliphatic hydroxyl groups is 1. The van der Waals surface area contributed by atoms with Crippen molar-refractivity contribution in [1.82, 2.24) is 16.0 Å². The van der Waals surface area contributed by atoms with E-state index in [1.54, 1.807) is 30.3 Å². The molecule has 0 bridgehead atoms. The molecule has 0 aliphatic heterocycles. The van der Waals surface area contributed by atoms with Crippen LogP contribution in [0.4, 0.5) is 0 Å². The van der Waals surface area contributed by atoms with Crippen LogP contribution in [0.2, 0.25) is 0 Å². The van der Waals surface area contributed by atoms with Crippen LogP contribution in [0.1, 0.15) is 38.7 Å². The predicted molar refractivity (Wildman–Crippen MR) is 127 cm³/mol. The van der Waals surface area contributed by atoms with Crippen molar-refractivity contribution in [2.75, 3.05) is 6.61 Å². The quantitative estimate of drug-likeness (QED) is 0.151. The van der Waals surface area contributed by atoms with Gasteiger partial charge in [0.1, 0.15) is 18.1 Å². The van der Waals surface area contributed by atoms with Gasteiger partial charge in [-0.2, -0.15) is 0 Å². The molecule has 1 rings (SSSR count). The lowest BCUT2D eigenvalue weighted by atomic mass is 10.0. The van der Waals surface area contributed by atoms with Crippen LogP contribution in [0.25, 0.3) is 0 Å². The van der Waals surface area contributed by atoms with E-state index in [-0.39, 0.29) is 25.2 Å². The fraction of sp³-hybridized carbons (Fsp3) is 0.522. The largest absolute Gasteiger partial charge is 0.480 e. The van der Waals surface area contributed by atoms with E-state index in [1.165, 1.54) is 0 Å². The number of carboxylic acids is 1. The molecule has 0 aromatic heterocycles. The molecule has 1 aromatic rings. The first-order valence-electron chi connectivity index (χ1n) is 11.3. The highest BCUT2D eigenvalue weighted by atomic mass is 16.4. The van der Waals surface area contributed by atoms with Crippen LogP contribution in [-0.2, 0) is 30.4 Å². The molecule has 0 heterocycles. The molecule has 9 N–H and O–H groups in total. The van der Waals surface area contributed by atoms with Gasteiger partial charge in [-0.25, -0.2) is 4.79 Å². The van der Waals surface area contributed by atoms with E-state index >= 15 is 0 Å². The number of benzene rings is 1. The smallest absolute Gasteiger partial charge is 0.326 e. The van der Waals surface area contributed by atoms with Gasteiger partial charge < -0.3 is 37.6 Å². The third kappa shape index (κ3) is 11.0. The minimum atomic E-state index is -1.50. The second-order valence-corrected chi connectivity index (χ2v) is 8.64. The summed E-state index contributed by atoms with van der Waals surface area (Å²) in [5.74, 6) is -4.29. The summed E-state index contributed by atoms with van der Waals surface area (Å²) in [5, 5.41) is 26.2. The molecule has 4 unspecified atom stereocenters. The minimum absolute atomic E-state index is 0.0148. The summed E-state index contributed by atoms with van der Waals surface area (Å²) in [5.41, 5.74) is 11.7. The Morgan fingerprint density at radius 3 is 1.94 bits per heavy atom. The van der Waals surface area contributed by atoms with Gasteiger partial charge in [0.25, 0.3) is 0 Å². The Bertz CT molecular complexity index is 878. The van der Waals surface area contributed by atoms with Gasteiger partial charge >= 0.3 is 5.97 Å². The van der Waals surface area contributed by atoms with Gasteiger partial charge in [-0.05, 0) is 24.3 Å². The van der Waals surface area contributed by atoms with E-state index < -0.39 is 60.4 Å². The van der Waals surface area contributed by atoms with Gasteiger partial charge in [0, 0.05) is 12.8 Å². The molecule has 0 saturated carbocycles. The molecule has 194 valence electrons. The Hall–Kier alpha value is -3.51. The highest BCUT2D eigenvalue weighted by molar-refractivity contribution is 5.94. The van der Waals surface area contributed by atoms with E-state index in [2.05, 4.69) is 16.0 Å². The summed E-state index contributed by atoms with van der Waals surface area (Å²) in [6.07, 6.45) is -0.0482. The monoisotopic (exact) mass is 493 g/mol. The summed E-state index contributed by atoms with van der Waals surface area (Å²) >= 11 is 0. The molecule has 0 aliphatic carbocycles. The zero-order valence-electron chi connectivity index (χ0n) is 19.9. The highest BCUT2D eigenvalue weighted by Gasteiger charge is 2.30. The molecular formula is C23H35N5O7. The number of nitrogens with one attached hydrogen (secondary N) is 3. The van der Waals surface area contributed by atoms with Crippen LogP contribution in [0.3, 0.4) is 0 Å². The first-order chi connectivity index (χ1) is 16.4. The lowest BCUT2D eigenvalue weighted by molar-refractivity contribution is -0.142. The molecule has 1 aromatic carbocycles. The summed E-state index contributed by atoms with van der Waals surface area (Å²) in [6, 6.07) is 3.64. The maximum Gasteiger partial charge on any atom is 0.326 e. The van der Waals surface area contributed by atoms with Crippen LogP contribution in [0, 0.1) is 5.92 Å². The van der Waals surface area contributed by atoms with Gasteiger partial charge in [0.05, 0.1) is 12.6 Å². The minimum Gasteiger partial charge on any atom is -0.480 e. The average molecular weight is 494 g/mol. The number of aliphatic hydroxyl groups excluding tert-OH is 1. The van der Waals surface area contributed by atoms with Gasteiger partial charge in [-0.3, -0.25) is 19.2 Å². The fourth-order valence-electron chi connectivity index (χ4n) is 3.24. The first kappa shape index (κ1) is 29.5. The van der Waals surface area contributed by atoms with Crippen molar-refractivity contribution in [1.29, 1.82) is 0 Å². The number of carbonyl (C=O) groups excluding carboxylic acids is 4. The number of aliphatic carboxylic acids is 1. The van der Waals surface area contributed by atoms with Crippen molar-refractivity contribution in [3.63, 3.8) is 0 Å². The normalized spacial score (nSPS) is 14.3. The second-order valence-electron chi connectivity index (χ2n) is 8.64. The van der Waals surface area contributed by atoms with Crippen molar-refractivity contribution < 1.29 is 34.2 Å². The van der Waals surface area contributed by atoms with Gasteiger partial charge in [0.15, 0.2) is 0 Å². The van der Waals surface area contributed by atoms with Crippen LogP contribution in [0.5, 0.6) is 0 Å². The Morgan fingerprint density at radius 2 is 1.43 bits per heavy atom. The number of primary amides is 1. The van der Waals surface area contributed by atoms with E-state index in [0.717, 1.165) is 0 Å². The van der Waals surface area contributed by atoms with Gasteiger partial charge in [-0.15, -0.1) is 0 Å². The highest BCUT2D eigenvalue weighted by Crippen LogP contribution is 2.06. The lowest BCUT2D eigenvalue weighted by Crippen LogP contribution is -2.58. The zero-order chi connectivity index (χ0) is 26.5. The number of hydrogen-bond acceptors (Lipinski definition) is 7. The number of carbonyl (C=O) groups is 5. The van der Waals surface area contributed by atoms with E-state index in [0.29, 0.717) is 12.0 Å². The third-order valence-electron chi connectivity index (χ3n) is 5.09. The zero-order valence-corrected chi connectivity index (χ0v) is 19.9. The molecule has 4 amide bonds. The molecule has 4 atom stereocenters. The van der Waals surface area contributed by atoms with Crippen LogP contribution >= 0.6 is 0 Å². The molecular weight excluding hydrogens is 458 g/mol. The molecule has 12 heteroatoms. The van der Waals surface area contributed by atoms with Gasteiger partial charge in [0.2, 0.25) is 23.6 Å². The molecule has 12 nitrogen and oxygen atoms in total. The van der Waals surface area contributed by atoms with E-state index in [9.17, 15) is 34.2 Å². The Morgan fingerprint density at radius 1 is 0.886 bits per heavy atom. The number of hydrogen-bond donors (Lipinski definition) is 7. The van der Waals surface area contributed by atoms with Crippen LogP contribution in [-0.4, -0.2) is 70.6 Å². The molecule has 35 heavy (non-hydrogen) atoms. The predicted octanol–water partition coefficient (Wildman–Crippen LogP) is -1.60. The number of amides is 4. The molecule has 0 fully saturated rings. The average Bonchev–Trinajstić information content (AvgIpc) is 2.79. The molecule has 0 saturated heterocycles. The maximum absolute atomic E-state index is 12.8. The van der Waals surface area contributed by atoms with E-state index in [4.69, 9.17) is 11.5 Å². The number of nitrogens with two attached hydrogens (primary N) is 2. The first-order valence-corrected chi connectivity index (χ1v) is 11.3.